The van der Waals surface area contributed by atoms with Crippen LogP contribution in [0.4, 0.5) is 4.39 Å². The van der Waals surface area contributed by atoms with E-state index in [2.05, 4.69) is 4.98 Å². The Bertz CT molecular complexity index is 1260. The number of amides is 1. The Hall–Kier alpha value is -4.20. The molecule has 2 aromatic carbocycles. The summed E-state index contributed by atoms with van der Waals surface area (Å²) in [6.07, 6.45) is 3.10. The van der Waals surface area contributed by atoms with E-state index in [0.29, 0.717) is 35.8 Å². The number of likely N-dealkylation sites (tertiary alicyclic amines) is 1. The third-order valence-electron chi connectivity index (χ3n) is 5.65. The highest BCUT2D eigenvalue weighted by molar-refractivity contribution is 6.46. The summed E-state index contributed by atoms with van der Waals surface area (Å²) >= 11 is 0. The maximum atomic E-state index is 13.4. The Balaban J connectivity index is 1.85. The minimum atomic E-state index is -0.871. The molecular formula is C27H25FN2O5. The Morgan fingerprint density at radius 2 is 1.69 bits per heavy atom. The monoisotopic (exact) mass is 476 g/mol. The molecule has 1 saturated heterocycles. The number of pyridine rings is 1. The zero-order valence-electron chi connectivity index (χ0n) is 19.4. The molecule has 8 heteroatoms. The first-order valence-electron chi connectivity index (χ1n) is 11.3. The molecule has 3 aromatic rings. The van der Waals surface area contributed by atoms with Gasteiger partial charge in [-0.3, -0.25) is 14.6 Å². The molecule has 2 heterocycles. The summed E-state index contributed by atoms with van der Waals surface area (Å²) in [5.74, 6) is -1.45. The van der Waals surface area contributed by atoms with Gasteiger partial charge in [0.15, 0.2) is 0 Å². The van der Waals surface area contributed by atoms with Crippen LogP contribution >= 0.6 is 0 Å². The van der Waals surface area contributed by atoms with Crippen LogP contribution in [0, 0.1) is 5.82 Å². The fourth-order valence-electron chi connectivity index (χ4n) is 4.10. The molecule has 0 bridgehead atoms. The van der Waals surface area contributed by atoms with E-state index in [-0.39, 0.29) is 23.4 Å². The van der Waals surface area contributed by atoms with Crippen molar-refractivity contribution in [2.24, 2.45) is 0 Å². The molecule has 0 aliphatic carbocycles. The molecule has 1 fully saturated rings. The molecule has 1 N–H and O–H groups in total. The molecule has 4 rings (SSSR count). The molecule has 0 radical (unpaired) electrons. The van der Waals surface area contributed by atoms with Gasteiger partial charge < -0.3 is 19.5 Å². The zero-order chi connectivity index (χ0) is 24.9. The van der Waals surface area contributed by atoms with Gasteiger partial charge in [0.25, 0.3) is 11.7 Å². The SMILES string of the molecule is CCOc1ccc(/C(O)=C2/C(=O)C(=O)N(Cc3ccc(F)cc3)C2c2ccncc2)c(OCC)c1. The molecule has 0 spiro atoms. The quantitative estimate of drug-likeness (QED) is 0.290. The van der Waals surface area contributed by atoms with Gasteiger partial charge in [-0.15, -0.1) is 0 Å². The van der Waals surface area contributed by atoms with Gasteiger partial charge in [0.2, 0.25) is 0 Å². The number of hydrogen-bond donors (Lipinski definition) is 1. The molecule has 1 aliphatic rings. The molecule has 1 aliphatic heterocycles. The van der Waals surface area contributed by atoms with Gasteiger partial charge in [0.1, 0.15) is 23.1 Å². The number of nitrogens with zero attached hydrogens (tertiary/aromatic N) is 2. The van der Waals surface area contributed by atoms with Crippen molar-refractivity contribution in [1.29, 1.82) is 0 Å². The second-order valence-electron chi connectivity index (χ2n) is 7.86. The van der Waals surface area contributed by atoms with Crippen LogP contribution in [0.3, 0.4) is 0 Å². The van der Waals surface area contributed by atoms with Crippen molar-refractivity contribution in [3.8, 4) is 11.5 Å². The number of benzene rings is 2. The molecule has 1 atom stereocenters. The minimum Gasteiger partial charge on any atom is -0.507 e. The zero-order valence-corrected chi connectivity index (χ0v) is 19.4. The number of halogens is 1. The smallest absolute Gasteiger partial charge is 0.295 e. The van der Waals surface area contributed by atoms with E-state index in [1.54, 1.807) is 61.8 Å². The van der Waals surface area contributed by atoms with Crippen molar-refractivity contribution < 1.29 is 28.6 Å². The van der Waals surface area contributed by atoms with Crippen LogP contribution in [-0.4, -0.2) is 39.9 Å². The number of aliphatic hydroxyl groups excluding tert-OH is 1. The summed E-state index contributed by atoms with van der Waals surface area (Å²) in [5.41, 5.74) is 1.46. The van der Waals surface area contributed by atoms with Gasteiger partial charge in [-0.1, -0.05) is 12.1 Å². The van der Waals surface area contributed by atoms with Crippen molar-refractivity contribution >= 4 is 17.4 Å². The fourth-order valence-corrected chi connectivity index (χ4v) is 4.10. The topological polar surface area (TPSA) is 89.0 Å². The normalized spacial score (nSPS) is 17.0. The number of ether oxygens (including phenoxy) is 2. The first-order chi connectivity index (χ1) is 16.9. The maximum absolute atomic E-state index is 13.4. The van der Waals surface area contributed by atoms with E-state index in [4.69, 9.17) is 9.47 Å². The third kappa shape index (κ3) is 4.87. The predicted octanol–water partition coefficient (Wildman–Crippen LogP) is 4.64. The van der Waals surface area contributed by atoms with Gasteiger partial charge in [-0.25, -0.2) is 4.39 Å². The Labute approximate surface area is 202 Å². The van der Waals surface area contributed by atoms with Crippen LogP contribution in [0.25, 0.3) is 5.76 Å². The first-order valence-corrected chi connectivity index (χ1v) is 11.3. The predicted molar refractivity (Wildman–Crippen MR) is 127 cm³/mol. The molecule has 35 heavy (non-hydrogen) atoms. The molecule has 180 valence electrons. The first kappa shape index (κ1) is 23.9. The van der Waals surface area contributed by atoms with Crippen LogP contribution < -0.4 is 9.47 Å². The fraction of sp³-hybridized carbons (Fsp3) is 0.222. The van der Waals surface area contributed by atoms with E-state index in [0.717, 1.165) is 0 Å². The molecule has 1 aromatic heterocycles. The second-order valence-corrected chi connectivity index (χ2v) is 7.86. The lowest BCUT2D eigenvalue weighted by Gasteiger charge is -2.25. The van der Waals surface area contributed by atoms with Crippen LogP contribution in [0.2, 0.25) is 0 Å². The summed E-state index contributed by atoms with van der Waals surface area (Å²) in [6.45, 7) is 4.48. The van der Waals surface area contributed by atoms with Gasteiger partial charge in [0, 0.05) is 25.0 Å². The van der Waals surface area contributed by atoms with E-state index in [9.17, 15) is 19.1 Å². The number of hydrogen-bond acceptors (Lipinski definition) is 6. The highest BCUT2D eigenvalue weighted by Crippen LogP contribution is 2.42. The Morgan fingerprint density at radius 1 is 1.00 bits per heavy atom. The summed E-state index contributed by atoms with van der Waals surface area (Å²) in [7, 11) is 0. The number of Topliss-reactive ketones (excluding diaryl/α,β-unsaturated/α-hetero) is 1. The van der Waals surface area contributed by atoms with E-state index >= 15 is 0 Å². The number of ketones is 1. The van der Waals surface area contributed by atoms with Gasteiger partial charge in [-0.2, -0.15) is 0 Å². The van der Waals surface area contributed by atoms with E-state index in [1.807, 2.05) is 6.92 Å². The standard InChI is InChI=1S/C27H25FN2O5/c1-3-34-20-9-10-21(22(15-20)35-4-2)25(31)23-24(18-11-13-29-14-12-18)30(27(33)26(23)32)16-17-5-7-19(28)8-6-17/h5-15,24,31H,3-4,16H2,1-2H3/b25-23-. The van der Waals surface area contributed by atoms with Crippen LogP contribution in [0.1, 0.15) is 36.6 Å². The minimum absolute atomic E-state index is 0.0518. The Kier molecular flexibility index (Phi) is 7.10. The molecule has 7 nitrogen and oxygen atoms in total. The number of carbonyl (C=O) groups is 2. The lowest BCUT2D eigenvalue weighted by atomic mass is 9.95. The number of carbonyl (C=O) groups excluding carboxylic acids is 2. The van der Waals surface area contributed by atoms with Crippen molar-refractivity contribution in [2.45, 2.75) is 26.4 Å². The summed E-state index contributed by atoms with van der Waals surface area (Å²) in [4.78, 5) is 31.8. The summed E-state index contributed by atoms with van der Waals surface area (Å²) < 4.78 is 24.7. The number of rotatable bonds is 8. The highest BCUT2D eigenvalue weighted by Gasteiger charge is 2.46. The molecule has 1 unspecified atom stereocenters. The lowest BCUT2D eigenvalue weighted by Crippen LogP contribution is -2.29. The van der Waals surface area contributed by atoms with Gasteiger partial charge in [0.05, 0.1) is 30.4 Å². The Morgan fingerprint density at radius 3 is 2.34 bits per heavy atom. The molecule has 1 amide bonds. The third-order valence-corrected chi connectivity index (χ3v) is 5.65. The van der Waals surface area contributed by atoms with Crippen molar-refractivity contribution in [1.82, 2.24) is 9.88 Å². The van der Waals surface area contributed by atoms with Crippen molar-refractivity contribution in [3.05, 3.63) is 95.1 Å². The molecular weight excluding hydrogens is 451 g/mol. The average Bonchev–Trinajstić information content (AvgIpc) is 3.11. The van der Waals surface area contributed by atoms with Crippen molar-refractivity contribution in [3.63, 3.8) is 0 Å². The lowest BCUT2D eigenvalue weighted by molar-refractivity contribution is -0.140. The largest absolute Gasteiger partial charge is 0.507 e. The summed E-state index contributed by atoms with van der Waals surface area (Å²) in [6, 6.07) is 13.1. The second kappa shape index (κ2) is 10.4. The maximum Gasteiger partial charge on any atom is 0.295 e. The number of aromatic nitrogens is 1. The van der Waals surface area contributed by atoms with Gasteiger partial charge >= 0.3 is 0 Å². The van der Waals surface area contributed by atoms with Crippen molar-refractivity contribution in [2.75, 3.05) is 13.2 Å². The van der Waals surface area contributed by atoms with E-state index in [1.165, 1.54) is 17.0 Å². The molecule has 0 saturated carbocycles. The van der Waals surface area contributed by atoms with E-state index < -0.39 is 23.5 Å². The average molecular weight is 477 g/mol. The van der Waals surface area contributed by atoms with Crippen LogP contribution in [0.15, 0.2) is 72.6 Å². The van der Waals surface area contributed by atoms with Crippen LogP contribution in [0.5, 0.6) is 11.5 Å². The van der Waals surface area contributed by atoms with Crippen LogP contribution in [-0.2, 0) is 16.1 Å². The van der Waals surface area contributed by atoms with Gasteiger partial charge in [-0.05, 0) is 61.4 Å². The highest BCUT2D eigenvalue weighted by atomic mass is 19.1. The summed E-state index contributed by atoms with van der Waals surface area (Å²) in [5, 5.41) is 11.4. The number of aliphatic hydroxyl groups is 1.